The number of nitrogens with one attached hydrogen (secondary N) is 2. The molecule has 4 aliphatic rings. The first kappa shape index (κ1) is 44.1. The van der Waals surface area contributed by atoms with E-state index in [4.69, 9.17) is 4.74 Å². The number of amides is 2. The van der Waals surface area contributed by atoms with E-state index in [2.05, 4.69) is 51.3 Å². The minimum atomic E-state index is -4.25. The topological polar surface area (TPSA) is 148 Å². The number of fused-ring (bicyclic) bond motifs is 5. The van der Waals surface area contributed by atoms with Gasteiger partial charge in [-0.3, -0.25) is 14.9 Å². The molecular formula is C44H70N4O7S. The lowest BCUT2D eigenvalue weighted by Crippen LogP contribution is -2.53. The Bertz CT molecular complexity index is 1710. The number of nitro groups is 1. The zero-order valence-corrected chi connectivity index (χ0v) is 36.2. The zero-order valence-electron chi connectivity index (χ0n) is 35.4. The number of hydrogen-bond acceptors (Lipinski definition) is 7. The summed E-state index contributed by atoms with van der Waals surface area (Å²) in [7, 11) is -4.25. The number of nitro benzene ring substituents is 1. The number of hydrogen-bond donors (Lipinski definition) is 2. The molecule has 0 radical (unpaired) electrons. The summed E-state index contributed by atoms with van der Waals surface area (Å²) in [5.74, 6) is 3.98. The highest BCUT2D eigenvalue weighted by Gasteiger charge is 2.59. The fourth-order valence-electron chi connectivity index (χ4n) is 11.5. The summed E-state index contributed by atoms with van der Waals surface area (Å²) in [5.41, 5.74) is 0.671. The van der Waals surface area contributed by atoms with Crippen LogP contribution in [0.3, 0.4) is 0 Å². The van der Waals surface area contributed by atoms with Gasteiger partial charge in [-0.05, 0) is 131 Å². The lowest BCUT2D eigenvalue weighted by Gasteiger charge is -2.59. The van der Waals surface area contributed by atoms with Crippen molar-refractivity contribution >= 4 is 27.7 Å². The molecule has 2 amide bonds. The second-order valence-corrected chi connectivity index (χ2v) is 21.3. The molecule has 4 aliphatic carbocycles. The molecule has 0 bridgehead atoms. The van der Waals surface area contributed by atoms with Crippen molar-refractivity contribution in [2.24, 2.45) is 46.3 Å². The Labute approximate surface area is 336 Å². The van der Waals surface area contributed by atoms with E-state index in [1.807, 2.05) is 0 Å². The van der Waals surface area contributed by atoms with Crippen LogP contribution in [0.15, 0.2) is 40.8 Å². The molecule has 0 aliphatic heterocycles. The predicted octanol–water partition coefficient (Wildman–Crippen LogP) is 9.42. The minimum Gasteiger partial charge on any atom is -0.444 e. The molecular weight excluding hydrogens is 729 g/mol. The third-order valence-electron chi connectivity index (χ3n) is 14.2. The fourth-order valence-corrected chi connectivity index (χ4v) is 13.4. The normalized spacial score (nSPS) is 29.5. The highest BCUT2D eigenvalue weighted by molar-refractivity contribution is 7.89. The average molecular weight is 799 g/mol. The van der Waals surface area contributed by atoms with E-state index in [9.17, 15) is 28.1 Å². The maximum absolute atomic E-state index is 14.5. The Balaban J connectivity index is 1.28. The van der Waals surface area contributed by atoms with E-state index in [1.54, 1.807) is 20.8 Å². The largest absolute Gasteiger partial charge is 0.444 e. The van der Waals surface area contributed by atoms with Crippen LogP contribution in [-0.2, 0) is 19.6 Å². The fraction of sp³-hybridized carbons (Fsp3) is 0.773. The van der Waals surface area contributed by atoms with Gasteiger partial charge in [0.2, 0.25) is 15.9 Å². The van der Waals surface area contributed by atoms with Crippen LogP contribution in [0.4, 0.5) is 10.5 Å². The molecule has 11 nitrogen and oxygen atoms in total. The van der Waals surface area contributed by atoms with Gasteiger partial charge in [0, 0.05) is 38.2 Å². The van der Waals surface area contributed by atoms with Crippen molar-refractivity contribution in [3.63, 3.8) is 0 Å². The van der Waals surface area contributed by atoms with Crippen molar-refractivity contribution in [2.45, 2.75) is 155 Å². The van der Waals surface area contributed by atoms with Crippen molar-refractivity contribution in [2.75, 3.05) is 19.6 Å². The first-order chi connectivity index (χ1) is 26.3. The van der Waals surface area contributed by atoms with E-state index in [0.29, 0.717) is 36.5 Å². The highest BCUT2D eigenvalue weighted by atomic mass is 32.2. The van der Waals surface area contributed by atoms with Gasteiger partial charge in [-0.1, -0.05) is 77.7 Å². The van der Waals surface area contributed by atoms with Gasteiger partial charge in [0.05, 0.1) is 4.92 Å². The van der Waals surface area contributed by atoms with Crippen molar-refractivity contribution in [1.82, 2.24) is 14.9 Å². The van der Waals surface area contributed by atoms with Crippen molar-refractivity contribution in [3.05, 3.63) is 46.0 Å². The van der Waals surface area contributed by atoms with Crippen LogP contribution in [0.1, 0.15) is 139 Å². The highest BCUT2D eigenvalue weighted by Crippen LogP contribution is 2.67. The third kappa shape index (κ3) is 9.81. The molecule has 8 atom stereocenters. The molecule has 2 N–H and O–H groups in total. The van der Waals surface area contributed by atoms with Crippen LogP contribution < -0.4 is 10.6 Å². The maximum atomic E-state index is 14.5. The number of alkyl carbamates (subject to hydrolysis) is 1. The van der Waals surface area contributed by atoms with Gasteiger partial charge < -0.3 is 15.4 Å². The van der Waals surface area contributed by atoms with E-state index in [-0.39, 0.29) is 48.3 Å². The van der Waals surface area contributed by atoms with Gasteiger partial charge in [0.1, 0.15) is 5.60 Å². The second-order valence-electron chi connectivity index (χ2n) is 19.4. The van der Waals surface area contributed by atoms with Crippen LogP contribution in [0.25, 0.3) is 0 Å². The summed E-state index contributed by atoms with van der Waals surface area (Å²) in [5, 5.41) is 17.4. The molecule has 12 heteroatoms. The number of sulfonamides is 1. The summed E-state index contributed by atoms with van der Waals surface area (Å²) in [6, 6.07) is 5.24. The molecule has 0 aromatic heterocycles. The quantitative estimate of drug-likeness (QED) is 0.0733. The summed E-state index contributed by atoms with van der Waals surface area (Å²) < 4.78 is 35.6. The van der Waals surface area contributed by atoms with Gasteiger partial charge >= 0.3 is 6.09 Å². The molecule has 3 fully saturated rings. The van der Waals surface area contributed by atoms with E-state index in [0.717, 1.165) is 36.5 Å². The van der Waals surface area contributed by atoms with Crippen LogP contribution in [0.5, 0.6) is 0 Å². The molecule has 0 heterocycles. The van der Waals surface area contributed by atoms with E-state index >= 15 is 0 Å². The SMILES string of the molecule is CC(C)CCCC(C)[C@H]1CCC2C3CC=C4C[C@@H](N(CCCNC(=O)CCNC(=O)OC(C)(C)C)S(=O)(=O)c5ccccc5[N+](=O)[O-])CC[C@]4(C)C3CC[C@@]21C. The first-order valence-electron chi connectivity index (χ1n) is 21.5. The molecule has 5 rings (SSSR count). The molecule has 0 saturated heterocycles. The summed E-state index contributed by atoms with van der Waals surface area (Å²) in [4.78, 5) is 35.6. The Hall–Kier alpha value is -2.99. The number of ether oxygens (including phenoxy) is 1. The lowest BCUT2D eigenvalue weighted by molar-refractivity contribution is -0.387. The number of carbonyl (C=O) groups is 2. The van der Waals surface area contributed by atoms with Gasteiger partial charge in [-0.25, -0.2) is 13.2 Å². The standard InChI is InChI=1S/C44H70N4O7S/c1-30(2)13-11-14-31(3)35-19-20-36-34-18-17-32-29-33(21-24-43(32,7)37(34)22-25-44(35,36)8)47(56(53,54)39-16-10-9-15-38(39)48(51)52)28-12-26-45-40(49)23-27-46-41(50)55-42(4,5)6/h9-10,15-17,30-31,33-37H,11-14,18-29H2,1-8H3,(H,45,49)(H,46,50)/t31?,33-,34?,35+,36?,37?,43-,44+/m0/s1. The maximum Gasteiger partial charge on any atom is 0.407 e. The minimum absolute atomic E-state index is 0.0111. The van der Waals surface area contributed by atoms with Crippen LogP contribution >= 0.6 is 0 Å². The Kier molecular flexibility index (Phi) is 14.1. The zero-order chi connectivity index (χ0) is 41.1. The average Bonchev–Trinajstić information content (AvgIpc) is 3.47. The lowest BCUT2D eigenvalue weighted by atomic mass is 9.47. The van der Waals surface area contributed by atoms with Gasteiger partial charge in [-0.2, -0.15) is 4.31 Å². The monoisotopic (exact) mass is 798 g/mol. The Morgan fingerprint density at radius 2 is 1.71 bits per heavy atom. The number of nitrogens with zero attached hydrogens (tertiary/aromatic N) is 2. The van der Waals surface area contributed by atoms with Crippen LogP contribution in [0.2, 0.25) is 0 Å². The summed E-state index contributed by atoms with van der Waals surface area (Å²) in [6.45, 7) is 17.9. The smallest absolute Gasteiger partial charge is 0.407 e. The third-order valence-corrected chi connectivity index (χ3v) is 16.2. The number of benzene rings is 1. The molecule has 314 valence electrons. The van der Waals surface area contributed by atoms with E-state index in [1.165, 1.54) is 79.1 Å². The molecule has 1 aromatic carbocycles. The van der Waals surface area contributed by atoms with Gasteiger partial charge in [-0.15, -0.1) is 0 Å². The second kappa shape index (κ2) is 17.9. The van der Waals surface area contributed by atoms with Crippen LogP contribution in [-0.4, -0.2) is 60.9 Å². The Morgan fingerprint density at radius 3 is 2.41 bits per heavy atom. The first-order valence-corrected chi connectivity index (χ1v) is 22.9. The van der Waals surface area contributed by atoms with Gasteiger partial charge in [0.25, 0.3) is 5.69 Å². The van der Waals surface area contributed by atoms with Crippen LogP contribution in [0, 0.1) is 56.5 Å². The van der Waals surface area contributed by atoms with Gasteiger partial charge in [0.15, 0.2) is 4.90 Å². The molecule has 56 heavy (non-hydrogen) atoms. The summed E-state index contributed by atoms with van der Waals surface area (Å²) >= 11 is 0. The number of allylic oxidation sites excluding steroid dienone is 1. The van der Waals surface area contributed by atoms with Crippen molar-refractivity contribution < 1.29 is 27.7 Å². The van der Waals surface area contributed by atoms with Crippen molar-refractivity contribution in [1.29, 1.82) is 0 Å². The molecule has 3 saturated carbocycles. The summed E-state index contributed by atoms with van der Waals surface area (Å²) in [6.07, 6.45) is 14.6. The van der Waals surface area contributed by atoms with Crippen molar-refractivity contribution in [3.8, 4) is 0 Å². The molecule has 1 aromatic rings. The molecule has 4 unspecified atom stereocenters. The predicted molar refractivity (Wildman–Crippen MR) is 220 cm³/mol. The number of para-hydroxylation sites is 1. The Morgan fingerprint density at radius 1 is 0.982 bits per heavy atom. The molecule has 0 spiro atoms. The number of carbonyl (C=O) groups excluding carboxylic acids is 2. The number of rotatable bonds is 16. The van der Waals surface area contributed by atoms with E-state index < -0.39 is 32.3 Å².